The minimum absolute atomic E-state index is 0.216. The lowest BCUT2D eigenvalue weighted by molar-refractivity contribution is -0.124. The van der Waals surface area contributed by atoms with Crippen LogP contribution in [0.2, 0.25) is 5.02 Å². The van der Waals surface area contributed by atoms with Gasteiger partial charge in [0.15, 0.2) is 6.61 Å². The molecule has 5 nitrogen and oxygen atoms in total. The summed E-state index contributed by atoms with van der Waals surface area (Å²) in [6, 6.07) is 12.3. The quantitative estimate of drug-likeness (QED) is 0.815. The zero-order valence-electron chi connectivity index (χ0n) is 13.5. The predicted octanol–water partition coefficient (Wildman–Crippen LogP) is 3.13. The summed E-state index contributed by atoms with van der Waals surface area (Å²) in [5.74, 6) is -0.720. The maximum atomic E-state index is 12.0. The first-order chi connectivity index (χ1) is 11.5. The van der Waals surface area contributed by atoms with Gasteiger partial charge in [0.25, 0.3) is 5.91 Å². The summed E-state index contributed by atoms with van der Waals surface area (Å²) < 4.78 is 10.1. The SMILES string of the molecule is COc1cc(Cl)ccc1C(=O)OCC(=O)NCc1ccccc1C. The molecule has 1 N–H and O–H groups in total. The van der Waals surface area contributed by atoms with E-state index in [2.05, 4.69) is 5.32 Å². The van der Waals surface area contributed by atoms with Crippen molar-refractivity contribution in [2.24, 2.45) is 0 Å². The van der Waals surface area contributed by atoms with Gasteiger partial charge >= 0.3 is 5.97 Å². The van der Waals surface area contributed by atoms with Gasteiger partial charge in [-0.3, -0.25) is 4.79 Å². The van der Waals surface area contributed by atoms with Crippen molar-refractivity contribution < 1.29 is 19.1 Å². The molecule has 6 heteroatoms. The smallest absolute Gasteiger partial charge is 0.342 e. The molecule has 0 bridgehead atoms. The molecule has 0 saturated heterocycles. The number of benzene rings is 2. The van der Waals surface area contributed by atoms with Gasteiger partial charge in [-0.25, -0.2) is 4.79 Å². The molecule has 0 fully saturated rings. The Balaban J connectivity index is 1.87. The van der Waals surface area contributed by atoms with Gasteiger partial charge < -0.3 is 14.8 Å². The number of nitrogens with one attached hydrogen (secondary N) is 1. The van der Waals surface area contributed by atoms with Crippen LogP contribution < -0.4 is 10.1 Å². The minimum Gasteiger partial charge on any atom is -0.496 e. The third-order valence-electron chi connectivity index (χ3n) is 3.46. The van der Waals surface area contributed by atoms with E-state index in [0.717, 1.165) is 11.1 Å². The summed E-state index contributed by atoms with van der Waals surface area (Å²) in [5.41, 5.74) is 2.31. The molecule has 0 heterocycles. The first kappa shape index (κ1) is 17.8. The predicted molar refractivity (Wildman–Crippen MR) is 91.3 cm³/mol. The Labute approximate surface area is 145 Å². The number of halogens is 1. The van der Waals surface area contributed by atoms with Gasteiger partial charge in [-0.2, -0.15) is 0 Å². The highest BCUT2D eigenvalue weighted by atomic mass is 35.5. The largest absolute Gasteiger partial charge is 0.496 e. The van der Waals surface area contributed by atoms with Crippen LogP contribution in [0.3, 0.4) is 0 Å². The van der Waals surface area contributed by atoms with Gasteiger partial charge in [0.2, 0.25) is 0 Å². The highest BCUT2D eigenvalue weighted by molar-refractivity contribution is 6.30. The molecular formula is C18H18ClNO4. The average Bonchev–Trinajstić information content (AvgIpc) is 2.58. The maximum Gasteiger partial charge on any atom is 0.342 e. The fourth-order valence-corrected chi connectivity index (χ4v) is 2.26. The van der Waals surface area contributed by atoms with Crippen molar-refractivity contribution in [3.05, 3.63) is 64.2 Å². The first-order valence-corrected chi connectivity index (χ1v) is 7.71. The zero-order chi connectivity index (χ0) is 17.5. The van der Waals surface area contributed by atoms with Crippen LogP contribution in [0, 0.1) is 6.92 Å². The second-order valence-electron chi connectivity index (χ2n) is 5.12. The first-order valence-electron chi connectivity index (χ1n) is 7.33. The van der Waals surface area contributed by atoms with Gasteiger partial charge in [0.1, 0.15) is 11.3 Å². The number of carbonyl (C=O) groups is 2. The number of hydrogen-bond acceptors (Lipinski definition) is 4. The molecule has 0 aliphatic carbocycles. The number of carbonyl (C=O) groups excluding carboxylic acids is 2. The fourth-order valence-electron chi connectivity index (χ4n) is 2.10. The lowest BCUT2D eigenvalue weighted by Gasteiger charge is -2.10. The van der Waals surface area contributed by atoms with Gasteiger partial charge in [-0.1, -0.05) is 35.9 Å². The molecule has 2 aromatic rings. The van der Waals surface area contributed by atoms with Crippen molar-refractivity contribution in [1.82, 2.24) is 5.32 Å². The maximum absolute atomic E-state index is 12.0. The number of aryl methyl sites for hydroxylation is 1. The number of methoxy groups -OCH3 is 1. The topological polar surface area (TPSA) is 64.6 Å². The van der Waals surface area contributed by atoms with Gasteiger partial charge in [0, 0.05) is 11.6 Å². The van der Waals surface area contributed by atoms with Gasteiger partial charge in [0.05, 0.1) is 7.11 Å². The molecule has 126 valence electrons. The van der Waals surface area contributed by atoms with Gasteiger partial charge in [-0.15, -0.1) is 0 Å². The van der Waals surface area contributed by atoms with Crippen LogP contribution in [0.4, 0.5) is 0 Å². The van der Waals surface area contributed by atoms with E-state index in [9.17, 15) is 9.59 Å². The highest BCUT2D eigenvalue weighted by Gasteiger charge is 2.15. The number of rotatable bonds is 6. The molecular weight excluding hydrogens is 330 g/mol. The average molecular weight is 348 g/mol. The molecule has 0 aromatic heterocycles. The van der Waals surface area contributed by atoms with Crippen LogP contribution in [0.15, 0.2) is 42.5 Å². The van der Waals surface area contributed by atoms with Crippen molar-refractivity contribution in [3.8, 4) is 5.75 Å². The third-order valence-corrected chi connectivity index (χ3v) is 3.69. The van der Waals surface area contributed by atoms with Crippen LogP contribution in [-0.4, -0.2) is 25.6 Å². The van der Waals surface area contributed by atoms with E-state index in [1.807, 2.05) is 31.2 Å². The lowest BCUT2D eigenvalue weighted by atomic mass is 10.1. The summed E-state index contributed by atoms with van der Waals surface area (Å²) in [7, 11) is 1.43. The second-order valence-corrected chi connectivity index (χ2v) is 5.56. The number of amides is 1. The Bertz CT molecular complexity index is 746. The normalized spacial score (nSPS) is 10.1. The van der Waals surface area contributed by atoms with Gasteiger partial charge in [-0.05, 0) is 36.2 Å². The van der Waals surface area contributed by atoms with Crippen molar-refractivity contribution in [3.63, 3.8) is 0 Å². The number of esters is 1. The summed E-state index contributed by atoms with van der Waals surface area (Å²) in [4.78, 5) is 23.9. The van der Waals surface area contributed by atoms with E-state index in [1.165, 1.54) is 19.2 Å². The standard InChI is InChI=1S/C18H18ClNO4/c1-12-5-3-4-6-13(12)10-20-17(21)11-24-18(22)15-8-7-14(19)9-16(15)23-2/h3-9H,10-11H2,1-2H3,(H,20,21). The van der Waals surface area contributed by atoms with Crippen LogP contribution >= 0.6 is 11.6 Å². The van der Waals surface area contributed by atoms with Crippen LogP contribution in [0.5, 0.6) is 5.75 Å². The van der Waals surface area contributed by atoms with E-state index in [1.54, 1.807) is 6.07 Å². The molecule has 0 saturated carbocycles. The molecule has 0 unspecified atom stereocenters. The highest BCUT2D eigenvalue weighted by Crippen LogP contribution is 2.23. The Hall–Kier alpha value is -2.53. The van der Waals surface area contributed by atoms with Crippen molar-refractivity contribution in [2.45, 2.75) is 13.5 Å². The van der Waals surface area contributed by atoms with E-state index in [4.69, 9.17) is 21.1 Å². The van der Waals surface area contributed by atoms with Crippen molar-refractivity contribution in [1.29, 1.82) is 0 Å². The molecule has 0 radical (unpaired) electrons. The van der Waals surface area contributed by atoms with Crippen LogP contribution in [0.25, 0.3) is 0 Å². The molecule has 0 atom stereocenters. The summed E-state index contributed by atoms with van der Waals surface area (Å²) in [6.45, 7) is 1.98. The number of hydrogen-bond donors (Lipinski definition) is 1. The molecule has 0 aliphatic rings. The Kier molecular flexibility index (Phi) is 6.21. The van der Waals surface area contributed by atoms with E-state index in [0.29, 0.717) is 17.3 Å². The van der Waals surface area contributed by atoms with Crippen molar-refractivity contribution >= 4 is 23.5 Å². The molecule has 2 aromatic carbocycles. The van der Waals surface area contributed by atoms with E-state index >= 15 is 0 Å². The molecule has 1 amide bonds. The fraction of sp³-hybridized carbons (Fsp3) is 0.222. The Morgan fingerprint density at radius 3 is 2.62 bits per heavy atom. The van der Waals surface area contributed by atoms with Crippen molar-refractivity contribution in [2.75, 3.05) is 13.7 Å². The molecule has 24 heavy (non-hydrogen) atoms. The van der Waals surface area contributed by atoms with E-state index in [-0.39, 0.29) is 18.1 Å². The summed E-state index contributed by atoms with van der Waals surface area (Å²) >= 11 is 5.84. The monoisotopic (exact) mass is 347 g/mol. The van der Waals surface area contributed by atoms with Crippen LogP contribution in [-0.2, 0) is 16.1 Å². The summed E-state index contributed by atoms with van der Waals surface area (Å²) in [6.07, 6.45) is 0. The summed E-state index contributed by atoms with van der Waals surface area (Å²) in [5, 5.41) is 3.16. The molecule has 0 spiro atoms. The molecule has 0 aliphatic heterocycles. The lowest BCUT2D eigenvalue weighted by Crippen LogP contribution is -2.28. The van der Waals surface area contributed by atoms with Crippen LogP contribution in [0.1, 0.15) is 21.5 Å². The zero-order valence-corrected chi connectivity index (χ0v) is 14.2. The van der Waals surface area contributed by atoms with E-state index < -0.39 is 5.97 Å². The number of ether oxygens (including phenoxy) is 2. The Morgan fingerprint density at radius 2 is 1.92 bits per heavy atom. The minimum atomic E-state index is -0.644. The third kappa shape index (κ3) is 4.73. The Morgan fingerprint density at radius 1 is 1.17 bits per heavy atom. The second kappa shape index (κ2) is 8.36. The molecule has 2 rings (SSSR count).